The summed E-state index contributed by atoms with van der Waals surface area (Å²) in [6.07, 6.45) is -4.47. The summed E-state index contributed by atoms with van der Waals surface area (Å²) < 4.78 is 40.4. The van der Waals surface area contributed by atoms with Crippen LogP contribution in [0.1, 0.15) is 11.1 Å². The number of piperazine rings is 1. The van der Waals surface area contributed by atoms with Crippen molar-refractivity contribution in [3.05, 3.63) is 59.7 Å². The molecule has 1 saturated heterocycles. The summed E-state index contributed by atoms with van der Waals surface area (Å²) >= 11 is 0. The minimum Gasteiger partial charge on any atom is -0.367 e. The van der Waals surface area contributed by atoms with Crippen LogP contribution in [0, 0.1) is 11.3 Å². The number of hydrogen-bond acceptors (Lipinski definition) is 6. The lowest BCUT2D eigenvalue weighted by Gasteiger charge is -2.36. The Balaban J connectivity index is 1.52. The van der Waals surface area contributed by atoms with Crippen LogP contribution in [0.25, 0.3) is 5.69 Å². The Bertz CT molecular complexity index is 1030. The predicted octanol–water partition coefficient (Wildman–Crippen LogP) is 2.88. The van der Waals surface area contributed by atoms with Crippen LogP contribution in [0.3, 0.4) is 0 Å². The molecule has 1 aromatic heterocycles. The highest BCUT2D eigenvalue weighted by Crippen LogP contribution is 2.33. The van der Waals surface area contributed by atoms with Gasteiger partial charge in [0.1, 0.15) is 6.07 Å². The number of nitriles is 1. The van der Waals surface area contributed by atoms with Gasteiger partial charge in [0.05, 0.1) is 22.5 Å². The fraction of sp³-hybridized carbons (Fsp3) is 0.263. The maximum atomic E-state index is 12.9. The molecule has 0 bridgehead atoms. The molecule has 1 aliphatic heterocycles. The van der Waals surface area contributed by atoms with E-state index in [4.69, 9.17) is 0 Å². The van der Waals surface area contributed by atoms with Gasteiger partial charge in [-0.1, -0.05) is 23.3 Å². The summed E-state index contributed by atoms with van der Waals surface area (Å²) in [7, 11) is 0. The average Bonchev–Trinajstić information content (AvgIpc) is 3.23. The largest absolute Gasteiger partial charge is 0.416 e. The Kier molecular flexibility index (Phi) is 4.80. The molecule has 1 fully saturated rings. The highest BCUT2D eigenvalue weighted by atomic mass is 19.4. The number of aromatic nitrogens is 4. The number of hydrogen-bond donors (Lipinski definition) is 0. The van der Waals surface area contributed by atoms with Crippen LogP contribution in [-0.2, 0) is 6.18 Å². The van der Waals surface area contributed by atoms with Gasteiger partial charge in [0.2, 0.25) is 5.95 Å². The van der Waals surface area contributed by atoms with Crippen LogP contribution in [0.5, 0.6) is 0 Å². The van der Waals surface area contributed by atoms with E-state index in [2.05, 4.69) is 15.5 Å². The first kappa shape index (κ1) is 18.7. The van der Waals surface area contributed by atoms with E-state index in [1.54, 1.807) is 4.68 Å². The fourth-order valence-corrected chi connectivity index (χ4v) is 3.34. The molecule has 10 heteroatoms. The molecular formula is C19H16F3N7. The number of anilines is 2. The standard InChI is InChI=1S/C19H16F3N7/c20-19(21,22)15-6-7-17(14(12-15)13-23)27-8-10-28(11-9-27)18-24-25-26-29(18)16-4-2-1-3-5-16/h1-7,12H,8-11H2. The fourth-order valence-electron chi connectivity index (χ4n) is 3.34. The molecule has 148 valence electrons. The zero-order valence-electron chi connectivity index (χ0n) is 15.2. The third kappa shape index (κ3) is 3.71. The lowest BCUT2D eigenvalue weighted by atomic mass is 10.1. The number of para-hydroxylation sites is 1. The second-order valence-corrected chi connectivity index (χ2v) is 6.54. The van der Waals surface area contributed by atoms with E-state index in [-0.39, 0.29) is 5.56 Å². The molecule has 0 amide bonds. The summed E-state index contributed by atoms with van der Waals surface area (Å²) in [6, 6.07) is 14.7. The van der Waals surface area contributed by atoms with E-state index in [1.165, 1.54) is 6.07 Å². The first-order valence-electron chi connectivity index (χ1n) is 8.92. The van der Waals surface area contributed by atoms with E-state index in [0.29, 0.717) is 37.8 Å². The van der Waals surface area contributed by atoms with Gasteiger partial charge in [-0.3, -0.25) is 0 Å². The molecule has 0 aliphatic carbocycles. The third-order valence-corrected chi connectivity index (χ3v) is 4.80. The van der Waals surface area contributed by atoms with Crippen molar-refractivity contribution in [1.29, 1.82) is 5.26 Å². The molecule has 4 rings (SSSR count). The number of benzene rings is 2. The van der Waals surface area contributed by atoms with E-state index in [0.717, 1.165) is 17.8 Å². The maximum Gasteiger partial charge on any atom is 0.416 e. The Labute approximate surface area is 164 Å². The first-order valence-corrected chi connectivity index (χ1v) is 8.92. The average molecular weight is 399 g/mol. The van der Waals surface area contributed by atoms with Gasteiger partial charge in [-0.15, -0.1) is 0 Å². The Morgan fingerprint density at radius 3 is 2.28 bits per heavy atom. The van der Waals surface area contributed by atoms with Gasteiger partial charge in [0, 0.05) is 26.2 Å². The summed E-state index contributed by atoms with van der Waals surface area (Å²) in [5.74, 6) is 0.601. The zero-order valence-corrected chi connectivity index (χ0v) is 15.2. The van der Waals surface area contributed by atoms with Crippen LogP contribution in [0.4, 0.5) is 24.8 Å². The van der Waals surface area contributed by atoms with E-state index < -0.39 is 11.7 Å². The summed E-state index contributed by atoms with van der Waals surface area (Å²) in [4.78, 5) is 3.92. The Morgan fingerprint density at radius 1 is 0.931 bits per heavy atom. The Hall–Kier alpha value is -3.61. The van der Waals surface area contributed by atoms with Gasteiger partial charge in [-0.05, 0) is 40.8 Å². The molecule has 0 spiro atoms. The first-order chi connectivity index (χ1) is 14.0. The van der Waals surface area contributed by atoms with Crippen LogP contribution in [-0.4, -0.2) is 46.4 Å². The lowest BCUT2D eigenvalue weighted by Crippen LogP contribution is -2.47. The van der Waals surface area contributed by atoms with E-state index in [9.17, 15) is 18.4 Å². The molecule has 0 unspecified atom stereocenters. The molecule has 7 nitrogen and oxygen atoms in total. The van der Waals surface area contributed by atoms with Gasteiger partial charge < -0.3 is 9.80 Å². The van der Waals surface area contributed by atoms with Crippen LogP contribution in [0.2, 0.25) is 0 Å². The smallest absolute Gasteiger partial charge is 0.367 e. The van der Waals surface area contributed by atoms with Gasteiger partial charge in [0.15, 0.2) is 0 Å². The monoisotopic (exact) mass is 399 g/mol. The van der Waals surface area contributed by atoms with Crippen molar-refractivity contribution in [2.24, 2.45) is 0 Å². The molecule has 1 aliphatic rings. The van der Waals surface area contributed by atoms with Crippen molar-refractivity contribution in [3.8, 4) is 11.8 Å². The molecule has 3 aromatic rings. The van der Waals surface area contributed by atoms with Gasteiger partial charge in [-0.25, -0.2) is 0 Å². The maximum absolute atomic E-state index is 12.9. The second-order valence-electron chi connectivity index (χ2n) is 6.54. The molecule has 29 heavy (non-hydrogen) atoms. The number of tetrazole rings is 1. The highest BCUT2D eigenvalue weighted by Gasteiger charge is 2.32. The second kappa shape index (κ2) is 7.43. The summed E-state index contributed by atoms with van der Waals surface area (Å²) in [6.45, 7) is 2.20. The molecular weight excluding hydrogens is 383 g/mol. The predicted molar refractivity (Wildman–Crippen MR) is 99.7 cm³/mol. The molecule has 0 saturated carbocycles. The van der Waals surface area contributed by atoms with Crippen molar-refractivity contribution in [2.75, 3.05) is 36.0 Å². The lowest BCUT2D eigenvalue weighted by molar-refractivity contribution is -0.137. The third-order valence-electron chi connectivity index (χ3n) is 4.80. The highest BCUT2D eigenvalue weighted by molar-refractivity contribution is 5.61. The van der Waals surface area contributed by atoms with E-state index >= 15 is 0 Å². The SMILES string of the molecule is N#Cc1cc(C(F)(F)F)ccc1N1CCN(c2nnnn2-c2ccccc2)CC1. The van der Waals surface area contributed by atoms with E-state index in [1.807, 2.05) is 46.2 Å². The molecule has 0 atom stereocenters. The summed E-state index contributed by atoms with van der Waals surface area (Å²) in [5.41, 5.74) is 0.535. The summed E-state index contributed by atoms with van der Waals surface area (Å²) in [5, 5.41) is 21.3. The number of alkyl halides is 3. The molecule has 2 aromatic carbocycles. The van der Waals surface area contributed by atoms with Crippen LogP contribution in [0.15, 0.2) is 48.5 Å². The number of nitrogens with zero attached hydrogens (tertiary/aromatic N) is 7. The molecule has 0 N–H and O–H groups in total. The van der Waals surface area contributed by atoms with Crippen LogP contribution >= 0.6 is 0 Å². The van der Waals surface area contributed by atoms with Crippen molar-refractivity contribution in [1.82, 2.24) is 20.2 Å². The van der Waals surface area contributed by atoms with Crippen molar-refractivity contribution >= 4 is 11.6 Å². The van der Waals surface area contributed by atoms with Crippen molar-refractivity contribution in [2.45, 2.75) is 6.18 Å². The van der Waals surface area contributed by atoms with Gasteiger partial charge in [0.25, 0.3) is 0 Å². The quantitative estimate of drug-likeness (QED) is 0.674. The van der Waals surface area contributed by atoms with Crippen molar-refractivity contribution in [3.63, 3.8) is 0 Å². The topological polar surface area (TPSA) is 73.9 Å². The van der Waals surface area contributed by atoms with Gasteiger partial charge >= 0.3 is 6.18 Å². The number of rotatable bonds is 3. The number of halogens is 3. The normalized spacial score (nSPS) is 14.7. The minimum atomic E-state index is -4.47. The van der Waals surface area contributed by atoms with Crippen molar-refractivity contribution < 1.29 is 13.2 Å². The van der Waals surface area contributed by atoms with Gasteiger partial charge in [-0.2, -0.15) is 23.1 Å². The minimum absolute atomic E-state index is 0.0161. The molecule has 2 heterocycles. The van der Waals surface area contributed by atoms with Crippen LogP contribution < -0.4 is 9.80 Å². The zero-order chi connectivity index (χ0) is 20.4. The molecule has 0 radical (unpaired) electrons. The Morgan fingerprint density at radius 2 is 1.62 bits per heavy atom.